The molecule has 1 saturated heterocycles. The van der Waals surface area contributed by atoms with Crippen LogP contribution in [0, 0.1) is 12.7 Å². The summed E-state index contributed by atoms with van der Waals surface area (Å²) in [6, 6.07) is 23.8. The van der Waals surface area contributed by atoms with Crippen molar-refractivity contribution in [3.8, 4) is 0 Å². The lowest BCUT2D eigenvalue weighted by atomic mass is 9.91. The largest absolute Gasteiger partial charge is 0.356 e. The number of aromatic nitrogens is 3. The lowest BCUT2D eigenvalue weighted by Gasteiger charge is -2.31. The van der Waals surface area contributed by atoms with E-state index in [1.54, 1.807) is 18.2 Å². The molecule has 0 radical (unpaired) electrons. The second-order valence-corrected chi connectivity index (χ2v) is 12.7. The summed E-state index contributed by atoms with van der Waals surface area (Å²) in [5.41, 5.74) is 10.9. The van der Waals surface area contributed by atoms with Crippen molar-refractivity contribution in [2.24, 2.45) is 0 Å². The normalized spacial score (nSPS) is 15.7. The van der Waals surface area contributed by atoms with E-state index >= 15 is 0 Å². The topological polar surface area (TPSA) is 105 Å². The molecule has 10 heteroatoms. The van der Waals surface area contributed by atoms with Crippen LogP contribution in [0.25, 0.3) is 11.0 Å². The number of halogens is 1. The first-order valence-electron chi connectivity index (χ1n) is 16.9. The van der Waals surface area contributed by atoms with Crippen LogP contribution in [0.15, 0.2) is 88.2 Å². The second-order valence-electron chi connectivity index (χ2n) is 12.7. The molecule has 2 N–H and O–H groups in total. The fraction of sp³-hybridized carbons (Fsp3) is 0.368. The van der Waals surface area contributed by atoms with E-state index in [0.717, 1.165) is 98.4 Å². The number of benzene rings is 3. The summed E-state index contributed by atoms with van der Waals surface area (Å²) in [7, 11) is 0. The van der Waals surface area contributed by atoms with Crippen LogP contribution in [-0.4, -0.2) is 45.1 Å². The SMILES string of the molecule is CC(NNC(=O)c1ccccc1)c1ccccc1.Cc1nc2n(c(=O)c1CCN1CCC(c3noc4cc(F)ccc34)CC1)CCCC2. The number of likely N-dealkylation sites (tertiary alicyclic amines) is 1. The zero-order chi connectivity index (χ0) is 33.5. The molecule has 0 aliphatic carbocycles. The van der Waals surface area contributed by atoms with Gasteiger partial charge >= 0.3 is 0 Å². The van der Waals surface area contributed by atoms with Crippen LogP contribution >= 0.6 is 0 Å². The number of carbonyl (C=O) groups is 1. The van der Waals surface area contributed by atoms with Crippen molar-refractivity contribution in [1.82, 2.24) is 30.5 Å². The van der Waals surface area contributed by atoms with Crippen molar-refractivity contribution in [1.29, 1.82) is 0 Å². The van der Waals surface area contributed by atoms with Crippen molar-refractivity contribution in [3.63, 3.8) is 0 Å². The Morgan fingerprint density at radius 3 is 2.48 bits per heavy atom. The molecule has 250 valence electrons. The summed E-state index contributed by atoms with van der Waals surface area (Å²) in [6.45, 7) is 7.56. The molecular weight excluding hydrogens is 607 g/mol. The van der Waals surface area contributed by atoms with E-state index in [0.29, 0.717) is 17.1 Å². The zero-order valence-corrected chi connectivity index (χ0v) is 27.6. The summed E-state index contributed by atoms with van der Waals surface area (Å²) in [4.78, 5) is 31.9. The number of piperidine rings is 1. The van der Waals surface area contributed by atoms with Gasteiger partial charge in [-0.25, -0.2) is 14.8 Å². The van der Waals surface area contributed by atoms with Crippen LogP contribution in [0.1, 0.15) is 83.3 Å². The third-order valence-corrected chi connectivity index (χ3v) is 9.43. The molecule has 2 aliphatic rings. The molecule has 2 aliphatic heterocycles. The first-order valence-corrected chi connectivity index (χ1v) is 16.9. The Kier molecular flexibility index (Phi) is 10.7. The minimum absolute atomic E-state index is 0.0684. The zero-order valence-electron chi connectivity index (χ0n) is 27.6. The lowest BCUT2D eigenvalue weighted by Crippen LogP contribution is -2.38. The summed E-state index contributed by atoms with van der Waals surface area (Å²) < 4.78 is 20.6. The second kappa shape index (κ2) is 15.5. The molecule has 1 amide bonds. The molecule has 1 fully saturated rings. The van der Waals surface area contributed by atoms with Crippen molar-refractivity contribution in [3.05, 3.63) is 129 Å². The Balaban J connectivity index is 0.000000191. The Labute approximate surface area is 280 Å². The van der Waals surface area contributed by atoms with Crippen molar-refractivity contribution >= 4 is 16.9 Å². The molecular formula is C38H43FN6O3. The molecule has 0 saturated carbocycles. The fourth-order valence-corrected chi connectivity index (χ4v) is 6.60. The van der Waals surface area contributed by atoms with Gasteiger partial charge in [0.1, 0.15) is 11.6 Å². The minimum Gasteiger partial charge on any atom is -0.356 e. The van der Waals surface area contributed by atoms with E-state index in [9.17, 15) is 14.0 Å². The van der Waals surface area contributed by atoms with Gasteiger partial charge in [0.15, 0.2) is 5.58 Å². The average molecular weight is 651 g/mol. The Bertz CT molecular complexity index is 1880. The van der Waals surface area contributed by atoms with Crippen LogP contribution < -0.4 is 16.4 Å². The monoisotopic (exact) mass is 650 g/mol. The van der Waals surface area contributed by atoms with E-state index in [4.69, 9.17) is 9.51 Å². The van der Waals surface area contributed by atoms with Gasteiger partial charge < -0.3 is 9.42 Å². The predicted octanol–water partition coefficient (Wildman–Crippen LogP) is 6.27. The van der Waals surface area contributed by atoms with Gasteiger partial charge in [0.05, 0.1) is 5.69 Å². The third kappa shape index (κ3) is 7.89. The summed E-state index contributed by atoms with van der Waals surface area (Å²) in [6.07, 6.45) is 5.81. The quantitative estimate of drug-likeness (QED) is 0.191. The van der Waals surface area contributed by atoms with E-state index in [2.05, 4.69) is 20.9 Å². The van der Waals surface area contributed by atoms with Crippen molar-refractivity contribution < 1.29 is 13.7 Å². The number of carbonyl (C=O) groups excluding carboxylic acids is 1. The molecule has 7 rings (SSSR count). The molecule has 9 nitrogen and oxygen atoms in total. The first-order chi connectivity index (χ1) is 23.4. The fourth-order valence-electron chi connectivity index (χ4n) is 6.60. The van der Waals surface area contributed by atoms with Gasteiger partial charge in [-0.3, -0.25) is 19.6 Å². The summed E-state index contributed by atoms with van der Waals surface area (Å²) >= 11 is 0. The lowest BCUT2D eigenvalue weighted by molar-refractivity contribution is 0.0926. The Hall–Kier alpha value is -4.67. The van der Waals surface area contributed by atoms with E-state index in [1.807, 2.05) is 66.9 Å². The van der Waals surface area contributed by atoms with Crippen LogP contribution in [0.5, 0.6) is 0 Å². The van der Waals surface area contributed by atoms with E-state index in [1.165, 1.54) is 12.1 Å². The molecule has 4 heterocycles. The van der Waals surface area contributed by atoms with E-state index < -0.39 is 0 Å². The average Bonchev–Trinajstić information content (AvgIpc) is 3.54. The van der Waals surface area contributed by atoms with Gasteiger partial charge in [0.25, 0.3) is 11.5 Å². The molecule has 1 unspecified atom stereocenters. The van der Waals surface area contributed by atoms with Gasteiger partial charge in [-0.05, 0) is 88.9 Å². The number of hydrogen-bond donors (Lipinski definition) is 2. The van der Waals surface area contributed by atoms with Gasteiger partial charge in [0, 0.05) is 59.7 Å². The number of hydrogen-bond acceptors (Lipinski definition) is 7. The van der Waals surface area contributed by atoms with Crippen LogP contribution in [0.3, 0.4) is 0 Å². The van der Waals surface area contributed by atoms with Crippen LogP contribution in [0.2, 0.25) is 0 Å². The van der Waals surface area contributed by atoms with Crippen LogP contribution in [-0.2, 0) is 19.4 Å². The molecule has 0 spiro atoms. The van der Waals surface area contributed by atoms with Crippen molar-refractivity contribution in [2.45, 2.75) is 70.9 Å². The van der Waals surface area contributed by atoms with Crippen LogP contribution in [0.4, 0.5) is 4.39 Å². The number of nitrogens with zero attached hydrogens (tertiary/aromatic N) is 4. The number of aryl methyl sites for hydroxylation is 2. The minimum atomic E-state index is -0.303. The summed E-state index contributed by atoms with van der Waals surface area (Å²) in [5, 5.41) is 5.15. The molecule has 48 heavy (non-hydrogen) atoms. The Morgan fingerprint density at radius 1 is 1.00 bits per heavy atom. The molecule has 1 atom stereocenters. The Morgan fingerprint density at radius 2 is 1.73 bits per heavy atom. The molecule has 2 aromatic heterocycles. The standard InChI is InChI=1S/C23H27FN4O2.C15H16N2O/c1-15-18(23(29)28-10-3-2-4-21(28)25-15)9-13-27-11-7-16(8-12-27)22-19-6-5-17(24)14-20(19)30-26-22;1-12(13-8-4-2-5-9-13)16-17-15(18)14-10-6-3-7-11-14/h5-6,14,16H,2-4,7-13H2,1H3;2-12,16H,1H3,(H,17,18). The number of rotatable bonds is 8. The summed E-state index contributed by atoms with van der Waals surface area (Å²) in [5.74, 6) is 0.847. The smallest absolute Gasteiger partial charge is 0.265 e. The van der Waals surface area contributed by atoms with Crippen molar-refractivity contribution in [2.75, 3.05) is 19.6 Å². The highest BCUT2D eigenvalue weighted by Gasteiger charge is 2.26. The van der Waals surface area contributed by atoms with Gasteiger partial charge in [-0.15, -0.1) is 0 Å². The first kappa shape index (κ1) is 33.2. The van der Waals surface area contributed by atoms with Gasteiger partial charge in [-0.1, -0.05) is 53.7 Å². The maximum Gasteiger partial charge on any atom is 0.265 e. The molecule has 0 bridgehead atoms. The maximum atomic E-state index is 13.4. The number of fused-ring (bicyclic) bond motifs is 2. The predicted molar refractivity (Wildman–Crippen MR) is 184 cm³/mol. The maximum absolute atomic E-state index is 13.4. The highest BCUT2D eigenvalue weighted by atomic mass is 19.1. The van der Waals surface area contributed by atoms with E-state index in [-0.39, 0.29) is 23.3 Å². The highest BCUT2D eigenvalue weighted by Crippen LogP contribution is 2.32. The number of hydrazine groups is 1. The number of amides is 1. The highest BCUT2D eigenvalue weighted by molar-refractivity contribution is 5.93. The third-order valence-electron chi connectivity index (χ3n) is 9.43. The van der Waals surface area contributed by atoms with Gasteiger partial charge in [-0.2, -0.15) is 0 Å². The molecule has 5 aromatic rings. The molecule has 3 aromatic carbocycles. The van der Waals surface area contributed by atoms with Gasteiger partial charge in [0.2, 0.25) is 0 Å². The number of nitrogens with one attached hydrogen (secondary N) is 2.